The molecule has 1 aromatic heterocycles. The van der Waals surface area contributed by atoms with E-state index in [1.807, 2.05) is 26.0 Å². The van der Waals surface area contributed by atoms with Crippen LogP contribution in [0.2, 0.25) is 0 Å². The van der Waals surface area contributed by atoms with Gasteiger partial charge in [0.15, 0.2) is 0 Å². The van der Waals surface area contributed by atoms with Gasteiger partial charge in [-0.05, 0) is 51.3 Å². The Morgan fingerprint density at radius 2 is 2.21 bits per heavy atom. The molecule has 1 aromatic rings. The monoisotopic (exact) mass is 263 g/mol. The Labute approximate surface area is 113 Å². The maximum Gasteiger partial charge on any atom is 0.246 e. The molecule has 0 radical (unpaired) electrons. The van der Waals surface area contributed by atoms with Gasteiger partial charge in [0.25, 0.3) is 0 Å². The van der Waals surface area contributed by atoms with Crippen LogP contribution in [-0.2, 0) is 4.79 Å². The zero-order valence-electron chi connectivity index (χ0n) is 11.6. The summed E-state index contributed by atoms with van der Waals surface area (Å²) in [5.41, 5.74) is -0.642. The van der Waals surface area contributed by atoms with E-state index in [9.17, 15) is 9.90 Å². The Balaban J connectivity index is 1.94. The number of rotatable bonds is 2. The average Bonchev–Trinajstić information content (AvgIpc) is 2.67. The smallest absolute Gasteiger partial charge is 0.246 e. The van der Waals surface area contributed by atoms with Crippen LogP contribution in [0.4, 0.5) is 0 Å². The second-order valence-electron chi connectivity index (χ2n) is 5.46. The van der Waals surface area contributed by atoms with Crippen LogP contribution in [0.25, 0.3) is 6.08 Å². The summed E-state index contributed by atoms with van der Waals surface area (Å²) in [6.45, 7) is 5.02. The predicted molar refractivity (Wildman–Crippen MR) is 73.5 cm³/mol. The Kier molecular flexibility index (Phi) is 4.10. The van der Waals surface area contributed by atoms with E-state index in [2.05, 4.69) is 0 Å². The van der Waals surface area contributed by atoms with Crippen molar-refractivity contribution in [3.05, 3.63) is 29.7 Å². The van der Waals surface area contributed by atoms with Gasteiger partial charge in [0.05, 0.1) is 5.60 Å². The van der Waals surface area contributed by atoms with E-state index in [-0.39, 0.29) is 5.91 Å². The summed E-state index contributed by atoms with van der Waals surface area (Å²) >= 11 is 0. The molecular formula is C15H21NO3. The Morgan fingerprint density at radius 3 is 2.89 bits per heavy atom. The van der Waals surface area contributed by atoms with Gasteiger partial charge in [0.1, 0.15) is 11.5 Å². The standard InChI is InChI=1S/C15H21NO3/c1-12-4-5-13(19-12)6-7-14(17)16-10-3-8-15(2,18)9-11-16/h4-7,18H,3,8-11H2,1-2H3/b7-6+. The van der Waals surface area contributed by atoms with Crippen molar-refractivity contribution in [3.8, 4) is 0 Å². The molecule has 1 saturated heterocycles. The number of nitrogens with zero attached hydrogens (tertiary/aromatic N) is 1. The van der Waals surface area contributed by atoms with Crippen LogP contribution in [0.15, 0.2) is 22.6 Å². The van der Waals surface area contributed by atoms with Crippen LogP contribution in [0.5, 0.6) is 0 Å². The van der Waals surface area contributed by atoms with Gasteiger partial charge in [-0.1, -0.05) is 0 Å². The number of likely N-dealkylation sites (tertiary alicyclic amines) is 1. The zero-order chi connectivity index (χ0) is 13.9. The molecule has 1 amide bonds. The second kappa shape index (κ2) is 5.61. The number of amides is 1. The minimum absolute atomic E-state index is 0.0215. The summed E-state index contributed by atoms with van der Waals surface area (Å²) < 4.78 is 5.38. The fraction of sp³-hybridized carbons (Fsp3) is 0.533. The molecule has 0 saturated carbocycles. The fourth-order valence-corrected chi connectivity index (χ4v) is 2.29. The first-order valence-corrected chi connectivity index (χ1v) is 6.72. The average molecular weight is 263 g/mol. The number of aryl methyl sites for hydroxylation is 1. The maximum absolute atomic E-state index is 12.1. The van der Waals surface area contributed by atoms with Gasteiger partial charge in [-0.25, -0.2) is 0 Å². The van der Waals surface area contributed by atoms with Crippen molar-refractivity contribution in [2.24, 2.45) is 0 Å². The first-order chi connectivity index (χ1) is 8.96. The van der Waals surface area contributed by atoms with E-state index in [1.54, 1.807) is 11.0 Å². The van der Waals surface area contributed by atoms with Gasteiger partial charge in [0.2, 0.25) is 5.91 Å². The SMILES string of the molecule is Cc1ccc(/C=C/C(=O)N2CCCC(C)(O)CC2)o1. The van der Waals surface area contributed by atoms with E-state index >= 15 is 0 Å². The fourth-order valence-electron chi connectivity index (χ4n) is 2.29. The molecule has 4 heteroatoms. The normalized spacial score (nSPS) is 24.7. The largest absolute Gasteiger partial charge is 0.462 e. The number of aliphatic hydroxyl groups is 1. The highest BCUT2D eigenvalue weighted by molar-refractivity contribution is 5.91. The molecular weight excluding hydrogens is 242 g/mol. The molecule has 0 spiro atoms. The third-order valence-electron chi connectivity index (χ3n) is 3.53. The van der Waals surface area contributed by atoms with Gasteiger partial charge >= 0.3 is 0 Å². The maximum atomic E-state index is 12.1. The zero-order valence-corrected chi connectivity index (χ0v) is 11.6. The molecule has 2 heterocycles. The van der Waals surface area contributed by atoms with Crippen LogP contribution in [0.1, 0.15) is 37.7 Å². The quantitative estimate of drug-likeness (QED) is 0.833. The summed E-state index contributed by atoms with van der Waals surface area (Å²) in [4.78, 5) is 13.8. The number of hydrogen-bond donors (Lipinski definition) is 1. The van der Waals surface area contributed by atoms with Gasteiger partial charge in [-0.2, -0.15) is 0 Å². The van der Waals surface area contributed by atoms with Crippen LogP contribution in [-0.4, -0.2) is 34.6 Å². The molecule has 4 nitrogen and oxygen atoms in total. The third-order valence-corrected chi connectivity index (χ3v) is 3.53. The van der Waals surface area contributed by atoms with Crippen molar-refractivity contribution in [3.63, 3.8) is 0 Å². The Bertz CT molecular complexity index is 473. The van der Waals surface area contributed by atoms with E-state index in [1.165, 1.54) is 6.08 Å². The van der Waals surface area contributed by atoms with E-state index < -0.39 is 5.60 Å². The molecule has 104 valence electrons. The number of furan rings is 1. The molecule has 1 aliphatic heterocycles. The summed E-state index contributed by atoms with van der Waals surface area (Å²) in [5, 5.41) is 9.99. The van der Waals surface area contributed by atoms with Crippen LogP contribution in [0.3, 0.4) is 0 Å². The topological polar surface area (TPSA) is 53.7 Å². The molecule has 1 atom stereocenters. The molecule has 19 heavy (non-hydrogen) atoms. The van der Waals surface area contributed by atoms with Gasteiger partial charge in [0, 0.05) is 19.2 Å². The predicted octanol–water partition coefficient (Wildman–Crippen LogP) is 2.36. The lowest BCUT2D eigenvalue weighted by Gasteiger charge is -2.21. The van der Waals surface area contributed by atoms with Crippen molar-refractivity contribution in [2.75, 3.05) is 13.1 Å². The number of hydrogen-bond acceptors (Lipinski definition) is 3. The molecule has 2 rings (SSSR count). The molecule has 0 bridgehead atoms. The summed E-state index contributed by atoms with van der Waals surface area (Å²) in [6.07, 6.45) is 5.45. The third kappa shape index (κ3) is 3.96. The van der Waals surface area contributed by atoms with Crippen molar-refractivity contribution < 1.29 is 14.3 Å². The highest BCUT2D eigenvalue weighted by Gasteiger charge is 2.26. The highest BCUT2D eigenvalue weighted by atomic mass is 16.3. The Morgan fingerprint density at radius 1 is 1.42 bits per heavy atom. The summed E-state index contributed by atoms with van der Waals surface area (Å²) in [6, 6.07) is 3.71. The van der Waals surface area contributed by atoms with Crippen molar-refractivity contribution in [2.45, 2.75) is 38.7 Å². The van der Waals surface area contributed by atoms with Crippen LogP contribution in [0, 0.1) is 6.92 Å². The van der Waals surface area contributed by atoms with Gasteiger partial charge in [-0.3, -0.25) is 4.79 Å². The number of carbonyl (C=O) groups excluding carboxylic acids is 1. The minimum atomic E-state index is -0.642. The van der Waals surface area contributed by atoms with E-state index in [0.717, 1.165) is 18.6 Å². The van der Waals surface area contributed by atoms with Crippen molar-refractivity contribution in [1.82, 2.24) is 4.90 Å². The first-order valence-electron chi connectivity index (χ1n) is 6.72. The summed E-state index contributed by atoms with van der Waals surface area (Å²) in [7, 11) is 0. The molecule has 0 aliphatic carbocycles. The van der Waals surface area contributed by atoms with Crippen LogP contribution >= 0.6 is 0 Å². The first kappa shape index (κ1) is 13.9. The Hall–Kier alpha value is -1.55. The second-order valence-corrected chi connectivity index (χ2v) is 5.46. The van der Waals surface area contributed by atoms with Crippen LogP contribution < -0.4 is 0 Å². The lowest BCUT2D eigenvalue weighted by Crippen LogP contribution is -2.32. The lowest BCUT2D eigenvalue weighted by atomic mass is 9.98. The summed E-state index contributed by atoms with van der Waals surface area (Å²) in [5.74, 6) is 1.50. The molecule has 1 fully saturated rings. The van der Waals surface area contributed by atoms with Crippen molar-refractivity contribution >= 4 is 12.0 Å². The molecule has 1 aliphatic rings. The molecule has 1 unspecified atom stereocenters. The lowest BCUT2D eigenvalue weighted by molar-refractivity contribution is -0.126. The minimum Gasteiger partial charge on any atom is -0.462 e. The van der Waals surface area contributed by atoms with E-state index in [0.29, 0.717) is 25.3 Å². The van der Waals surface area contributed by atoms with Crippen molar-refractivity contribution in [1.29, 1.82) is 0 Å². The molecule has 1 N–H and O–H groups in total. The van der Waals surface area contributed by atoms with Gasteiger partial charge in [-0.15, -0.1) is 0 Å². The highest BCUT2D eigenvalue weighted by Crippen LogP contribution is 2.21. The van der Waals surface area contributed by atoms with E-state index in [4.69, 9.17) is 4.42 Å². The van der Waals surface area contributed by atoms with Gasteiger partial charge < -0.3 is 14.4 Å². The number of carbonyl (C=O) groups is 1. The molecule has 0 aromatic carbocycles.